The van der Waals surface area contributed by atoms with Crippen LogP contribution in [0.15, 0.2) is 12.3 Å². The first-order chi connectivity index (χ1) is 5.27. The average molecular weight is 170 g/mol. The summed E-state index contributed by atoms with van der Waals surface area (Å²) in [5, 5.41) is 9.58. The van der Waals surface area contributed by atoms with E-state index in [0.29, 0.717) is 10.9 Å². The highest BCUT2D eigenvalue weighted by Crippen LogP contribution is 2.42. The molecule has 1 N–H and O–H groups in total. The quantitative estimate of drug-likeness (QED) is 0.700. The summed E-state index contributed by atoms with van der Waals surface area (Å²) in [6, 6.07) is 1.54. The predicted octanol–water partition coefficient (Wildman–Crippen LogP) is 2.32. The monoisotopic (exact) mass is 169 g/mol. The van der Waals surface area contributed by atoms with Crippen LogP contribution in [-0.4, -0.2) is 10.1 Å². The van der Waals surface area contributed by atoms with E-state index in [2.05, 4.69) is 4.98 Å². The molecule has 0 aromatic carbocycles. The van der Waals surface area contributed by atoms with Gasteiger partial charge in [-0.25, -0.2) is 0 Å². The Morgan fingerprint density at radius 3 is 2.82 bits per heavy atom. The van der Waals surface area contributed by atoms with E-state index < -0.39 is 0 Å². The van der Waals surface area contributed by atoms with Gasteiger partial charge in [-0.15, -0.1) is 0 Å². The van der Waals surface area contributed by atoms with Crippen molar-refractivity contribution >= 4 is 11.6 Å². The molecule has 0 atom stereocenters. The SMILES string of the molecule is Oc1cnc(C2CC2)c(Cl)c1. The maximum Gasteiger partial charge on any atom is 0.135 e. The predicted molar refractivity (Wildman–Crippen MR) is 42.9 cm³/mol. The number of aromatic hydroxyl groups is 1. The van der Waals surface area contributed by atoms with E-state index in [-0.39, 0.29) is 5.75 Å². The Balaban J connectivity index is 2.39. The highest BCUT2D eigenvalue weighted by Gasteiger charge is 2.27. The molecule has 1 fully saturated rings. The Labute approximate surface area is 69.8 Å². The van der Waals surface area contributed by atoms with Crippen molar-refractivity contribution in [3.63, 3.8) is 0 Å². The molecule has 0 unspecified atom stereocenters. The van der Waals surface area contributed by atoms with Gasteiger partial charge in [0.2, 0.25) is 0 Å². The molecular weight excluding hydrogens is 162 g/mol. The Hall–Kier alpha value is -0.760. The van der Waals surface area contributed by atoms with Crippen LogP contribution in [0.3, 0.4) is 0 Å². The van der Waals surface area contributed by atoms with E-state index in [0.717, 1.165) is 5.69 Å². The van der Waals surface area contributed by atoms with Gasteiger partial charge in [0.1, 0.15) is 5.75 Å². The third-order valence-electron chi connectivity index (χ3n) is 1.82. The fourth-order valence-corrected chi connectivity index (χ4v) is 1.41. The largest absolute Gasteiger partial charge is 0.506 e. The van der Waals surface area contributed by atoms with Crippen molar-refractivity contribution in [3.05, 3.63) is 23.0 Å². The lowest BCUT2D eigenvalue weighted by Gasteiger charge is -1.99. The van der Waals surface area contributed by atoms with Gasteiger partial charge < -0.3 is 5.11 Å². The van der Waals surface area contributed by atoms with Crippen LogP contribution < -0.4 is 0 Å². The molecule has 1 aromatic rings. The second-order valence-corrected chi connectivity index (χ2v) is 3.24. The fourth-order valence-electron chi connectivity index (χ4n) is 1.10. The molecule has 2 nitrogen and oxygen atoms in total. The molecule has 0 spiro atoms. The maximum absolute atomic E-state index is 8.99. The average Bonchev–Trinajstić information content (AvgIpc) is 2.70. The molecule has 3 heteroatoms. The summed E-state index contributed by atoms with van der Waals surface area (Å²) in [5.74, 6) is 0.683. The summed E-state index contributed by atoms with van der Waals surface area (Å²) in [4.78, 5) is 4.06. The van der Waals surface area contributed by atoms with E-state index in [1.807, 2.05) is 0 Å². The third kappa shape index (κ3) is 1.31. The standard InChI is InChI=1S/C8H8ClNO/c9-7-3-6(11)4-10-8(7)5-1-2-5/h3-5,11H,1-2H2. The molecule has 0 aliphatic heterocycles. The van der Waals surface area contributed by atoms with E-state index in [4.69, 9.17) is 16.7 Å². The van der Waals surface area contributed by atoms with Crippen LogP contribution in [-0.2, 0) is 0 Å². The van der Waals surface area contributed by atoms with E-state index >= 15 is 0 Å². The first-order valence-electron chi connectivity index (χ1n) is 3.62. The molecule has 0 radical (unpaired) electrons. The van der Waals surface area contributed by atoms with Crippen LogP contribution >= 0.6 is 11.6 Å². The summed E-state index contributed by atoms with van der Waals surface area (Å²) in [7, 11) is 0. The van der Waals surface area contributed by atoms with Crippen LogP contribution in [0.2, 0.25) is 5.02 Å². The summed E-state index contributed by atoms with van der Waals surface area (Å²) >= 11 is 5.84. The highest BCUT2D eigenvalue weighted by molar-refractivity contribution is 6.31. The molecule has 0 saturated heterocycles. The number of nitrogens with zero attached hydrogens (tertiary/aromatic N) is 1. The maximum atomic E-state index is 8.99. The van der Waals surface area contributed by atoms with Gasteiger partial charge in [-0.1, -0.05) is 11.6 Å². The molecule has 1 aliphatic carbocycles. The molecule has 11 heavy (non-hydrogen) atoms. The minimum absolute atomic E-state index is 0.138. The van der Waals surface area contributed by atoms with Gasteiger partial charge in [0.25, 0.3) is 0 Å². The molecule has 0 bridgehead atoms. The second kappa shape index (κ2) is 2.38. The van der Waals surface area contributed by atoms with E-state index in [9.17, 15) is 0 Å². The number of rotatable bonds is 1. The number of halogens is 1. The fraction of sp³-hybridized carbons (Fsp3) is 0.375. The van der Waals surface area contributed by atoms with Crippen LogP contribution in [0.5, 0.6) is 5.75 Å². The van der Waals surface area contributed by atoms with Gasteiger partial charge >= 0.3 is 0 Å². The lowest BCUT2D eigenvalue weighted by atomic mass is 10.2. The Kier molecular flexibility index (Phi) is 1.50. The summed E-state index contributed by atoms with van der Waals surface area (Å²) < 4.78 is 0. The lowest BCUT2D eigenvalue weighted by Crippen LogP contribution is -1.86. The van der Waals surface area contributed by atoms with Crippen molar-refractivity contribution in [2.75, 3.05) is 0 Å². The van der Waals surface area contributed by atoms with Crippen LogP contribution in [0.25, 0.3) is 0 Å². The summed E-state index contributed by atoms with van der Waals surface area (Å²) in [6.45, 7) is 0. The van der Waals surface area contributed by atoms with Crippen molar-refractivity contribution in [2.45, 2.75) is 18.8 Å². The molecule has 0 amide bonds. The molecule has 1 heterocycles. The number of hydrogen-bond acceptors (Lipinski definition) is 2. The molecule has 1 saturated carbocycles. The van der Waals surface area contributed by atoms with Gasteiger partial charge in [-0.05, 0) is 12.8 Å². The van der Waals surface area contributed by atoms with Gasteiger partial charge in [0.15, 0.2) is 0 Å². The first-order valence-corrected chi connectivity index (χ1v) is 3.99. The van der Waals surface area contributed by atoms with Gasteiger partial charge in [-0.2, -0.15) is 0 Å². The van der Waals surface area contributed by atoms with Crippen molar-refractivity contribution < 1.29 is 5.11 Å². The van der Waals surface area contributed by atoms with Gasteiger partial charge in [-0.3, -0.25) is 4.98 Å². The summed E-state index contributed by atoms with van der Waals surface area (Å²) in [5.41, 5.74) is 0.935. The van der Waals surface area contributed by atoms with Crippen LogP contribution in [0.1, 0.15) is 24.5 Å². The number of pyridine rings is 1. The number of aromatic nitrogens is 1. The Morgan fingerprint density at radius 1 is 1.55 bits per heavy atom. The van der Waals surface area contributed by atoms with Crippen molar-refractivity contribution in [1.29, 1.82) is 0 Å². The molecular formula is C8H8ClNO. The Morgan fingerprint density at radius 2 is 2.27 bits per heavy atom. The highest BCUT2D eigenvalue weighted by atomic mass is 35.5. The molecule has 2 rings (SSSR count). The normalized spacial score (nSPS) is 16.8. The topological polar surface area (TPSA) is 33.1 Å². The number of hydrogen-bond donors (Lipinski definition) is 1. The third-order valence-corrected chi connectivity index (χ3v) is 2.12. The first kappa shape index (κ1) is 6.92. The van der Waals surface area contributed by atoms with Crippen molar-refractivity contribution in [1.82, 2.24) is 4.98 Å². The van der Waals surface area contributed by atoms with Gasteiger partial charge in [0, 0.05) is 12.0 Å². The van der Waals surface area contributed by atoms with Crippen LogP contribution in [0, 0.1) is 0 Å². The zero-order valence-corrected chi connectivity index (χ0v) is 6.67. The van der Waals surface area contributed by atoms with Crippen molar-refractivity contribution in [3.8, 4) is 5.75 Å². The van der Waals surface area contributed by atoms with E-state index in [1.54, 1.807) is 6.07 Å². The molecule has 1 aromatic heterocycles. The zero-order valence-electron chi connectivity index (χ0n) is 5.92. The minimum atomic E-state index is 0.138. The zero-order chi connectivity index (χ0) is 7.84. The second-order valence-electron chi connectivity index (χ2n) is 2.83. The Bertz CT molecular complexity index is 283. The van der Waals surface area contributed by atoms with Crippen LogP contribution in [0.4, 0.5) is 0 Å². The smallest absolute Gasteiger partial charge is 0.135 e. The van der Waals surface area contributed by atoms with E-state index in [1.165, 1.54) is 19.0 Å². The minimum Gasteiger partial charge on any atom is -0.506 e. The van der Waals surface area contributed by atoms with Gasteiger partial charge in [0.05, 0.1) is 16.9 Å². The summed E-state index contributed by atoms with van der Waals surface area (Å²) in [6.07, 6.45) is 3.80. The lowest BCUT2D eigenvalue weighted by molar-refractivity contribution is 0.472. The molecule has 58 valence electrons. The molecule has 1 aliphatic rings. The van der Waals surface area contributed by atoms with Crippen molar-refractivity contribution in [2.24, 2.45) is 0 Å².